The molecule has 2 aromatic rings. The van der Waals surface area contributed by atoms with Crippen LogP contribution in [0.2, 0.25) is 0 Å². The quantitative estimate of drug-likeness (QED) is 0.138. The monoisotopic (exact) mass is 671 g/mol. The molecule has 2 heterocycles. The van der Waals surface area contributed by atoms with Crippen LogP contribution in [0.4, 0.5) is 4.79 Å². The maximum atomic E-state index is 13.9. The van der Waals surface area contributed by atoms with Gasteiger partial charge in [0.25, 0.3) is 0 Å². The number of rotatable bonds is 17. The van der Waals surface area contributed by atoms with E-state index in [9.17, 15) is 24.3 Å². The number of hydrogen-bond acceptors (Lipinski definition) is 7. The second kappa shape index (κ2) is 18.1. The van der Waals surface area contributed by atoms with Crippen LogP contribution in [-0.2, 0) is 14.4 Å². The SMILES string of the molecule is Cc1ncsc1-c1ccc([C@H](C)NC(=O)[C@@H]2C[C@@H](O)CN2C(=O)C(NC(=O)CCCCCCCCCCNC(=O)O)C(C)(C)C)cc1. The molecule has 1 unspecified atom stereocenters. The van der Waals surface area contributed by atoms with E-state index in [1.807, 2.05) is 64.4 Å². The zero-order valence-corrected chi connectivity index (χ0v) is 29.3. The van der Waals surface area contributed by atoms with Gasteiger partial charge in [-0.1, -0.05) is 83.6 Å². The van der Waals surface area contributed by atoms with Crippen molar-refractivity contribution in [2.24, 2.45) is 5.41 Å². The summed E-state index contributed by atoms with van der Waals surface area (Å²) >= 11 is 1.58. The maximum absolute atomic E-state index is 13.9. The van der Waals surface area contributed by atoms with Gasteiger partial charge in [0.1, 0.15) is 12.1 Å². The van der Waals surface area contributed by atoms with Crippen molar-refractivity contribution in [3.63, 3.8) is 0 Å². The first-order valence-corrected chi connectivity index (χ1v) is 17.7. The van der Waals surface area contributed by atoms with Crippen molar-refractivity contribution in [1.29, 1.82) is 0 Å². The Bertz CT molecular complexity index is 1320. The number of carbonyl (C=O) groups is 4. The molecule has 0 radical (unpaired) electrons. The normalized spacial score (nSPS) is 17.6. The molecule has 11 nitrogen and oxygen atoms in total. The lowest BCUT2D eigenvalue weighted by Crippen LogP contribution is -2.57. The Morgan fingerprint density at radius 3 is 2.17 bits per heavy atom. The molecular weight excluding hydrogens is 618 g/mol. The number of nitrogens with zero attached hydrogens (tertiary/aromatic N) is 2. The van der Waals surface area contributed by atoms with Gasteiger partial charge in [-0.05, 0) is 43.2 Å². The highest BCUT2D eigenvalue weighted by molar-refractivity contribution is 7.13. The van der Waals surface area contributed by atoms with E-state index < -0.39 is 29.7 Å². The second-order valence-corrected chi connectivity index (χ2v) is 14.5. The number of carbonyl (C=O) groups excluding carboxylic acids is 3. The zero-order chi connectivity index (χ0) is 34.6. The van der Waals surface area contributed by atoms with E-state index in [4.69, 9.17) is 5.11 Å². The highest BCUT2D eigenvalue weighted by Gasteiger charge is 2.44. The first-order chi connectivity index (χ1) is 22.3. The molecule has 47 heavy (non-hydrogen) atoms. The number of likely N-dealkylation sites (tertiary alicyclic amines) is 1. The zero-order valence-electron chi connectivity index (χ0n) is 28.5. The first kappa shape index (κ1) is 37.9. The molecule has 0 saturated carbocycles. The molecule has 4 atom stereocenters. The molecule has 260 valence electrons. The molecule has 1 saturated heterocycles. The lowest BCUT2D eigenvalue weighted by molar-refractivity contribution is -0.144. The van der Waals surface area contributed by atoms with Crippen LogP contribution in [-0.4, -0.2) is 75.2 Å². The van der Waals surface area contributed by atoms with Crippen LogP contribution >= 0.6 is 11.3 Å². The van der Waals surface area contributed by atoms with Gasteiger partial charge in [0, 0.05) is 25.9 Å². The second-order valence-electron chi connectivity index (χ2n) is 13.7. The number of thiazole rings is 1. The molecule has 1 aromatic carbocycles. The predicted molar refractivity (Wildman–Crippen MR) is 184 cm³/mol. The van der Waals surface area contributed by atoms with Gasteiger partial charge in [0.15, 0.2) is 0 Å². The number of nitrogens with one attached hydrogen (secondary N) is 3. The van der Waals surface area contributed by atoms with Crippen molar-refractivity contribution in [3.8, 4) is 10.4 Å². The van der Waals surface area contributed by atoms with Crippen molar-refractivity contribution < 1.29 is 29.4 Å². The largest absolute Gasteiger partial charge is 0.465 e. The van der Waals surface area contributed by atoms with Crippen LogP contribution < -0.4 is 16.0 Å². The van der Waals surface area contributed by atoms with E-state index >= 15 is 0 Å². The number of aromatic nitrogens is 1. The molecule has 3 rings (SSSR count). The fraction of sp³-hybridized carbons (Fsp3) is 0.629. The number of β-amino-alcohol motifs (C(OH)–C–C–N with tert-alkyl or cyclic N) is 1. The molecule has 0 spiro atoms. The van der Waals surface area contributed by atoms with Crippen molar-refractivity contribution in [1.82, 2.24) is 25.8 Å². The summed E-state index contributed by atoms with van der Waals surface area (Å²) in [6, 6.07) is 5.98. The van der Waals surface area contributed by atoms with Crippen molar-refractivity contribution in [2.75, 3.05) is 13.1 Å². The van der Waals surface area contributed by atoms with E-state index in [1.54, 1.807) is 11.3 Å². The van der Waals surface area contributed by atoms with Gasteiger partial charge in [-0.3, -0.25) is 14.4 Å². The van der Waals surface area contributed by atoms with Gasteiger partial charge in [-0.15, -0.1) is 11.3 Å². The number of amides is 4. The van der Waals surface area contributed by atoms with E-state index in [-0.39, 0.29) is 36.7 Å². The summed E-state index contributed by atoms with van der Waals surface area (Å²) in [5, 5.41) is 27.4. The molecule has 12 heteroatoms. The third kappa shape index (κ3) is 11.9. The highest BCUT2D eigenvalue weighted by atomic mass is 32.1. The topological polar surface area (TPSA) is 161 Å². The van der Waals surface area contributed by atoms with E-state index in [1.165, 1.54) is 4.90 Å². The van der Waals surface area contributed by atoms with Crippen LogP contribution in [0.3, 0.4) is 0 Å². The summed E-state index contributed by atoms with van der Waals surface area (Å²) in [7, 11) is 0. The van der Waals surface area contributed by atoms with Gasteiger partial charge in [0.05, 0.1) is 28.2 Å². The number of aliphatic hydroxyl groups is 1. The van der Waals surface area contributed by atoms with Gasteiger partial charge in [0.2, 0.25) is 17.7 Å². The molecule has 0 aliphatic carbocycles. The smallest absolute Gasteiger partial charge is 0.404 e. The number of hydrogen-bond donors (Lipinski definition) is 5. The third-order valence-corrected chi connectivity index (χ3v) is 9.64. The Morgan fingerprint density at radius 2 is 1.60 bits per heavy atom. The fourth-order valence-electron chi connectivity index (χ4n) is 5.92. The van der Waals surface area contributed by atoms with E-state index in [2.05, 4.69) is 20.9 Å². The summed E-state index contributed by atoms with van der Waals surface area (Å²) in [5.41, 5.74) is 4.18. The number of aliphatic hydroxyl groups excluding tert-OH is 1. The summed E-state index contributed by atoms with van der Waals surface area (Å²) in [4.78, 5) is 57.6. The average molecular weight is 672 g/mol. The summed E-state index contributed by atoms with van der Waals surface area (Å²) in [6.07, 6.45) is 6.30. The molecule has 1 aliphatic heterocycles. The van der Waals surface area contributed by atoms with Crippen LogP contribution in [0.1, 0.15) is 109 Å². The fourth-order valence-corrected chi connectivity index (χ4v) is 6.73. The first-order valence-electron chi connectivity index (χ1n) is 16.8. The van der Waals surface area contributed by atoms with Crippen LogP contribution in [0.15, 0.2) is 29.8 Å². The predicted octanol–water partition coefficient (Wildman–Crippen LogP) is 5.57. The van der Waals surface area contributed by atoms with Crippen molar-refractivity contribution in [2.45, 2.75) is 123 Å². The standard InChI is InChI=1S/C35H53N5O6S/c1-23(25-15-17-26(18-16-25)30-24(2)37-22-47-30)38-32(43)28-20-27(41)21-40(28)33(44)31(35(3,4)5)39-29(42)14-12-10-8-6-7-9-11-13-19-36-34(45)46/h15-18,22-23,27-28,31,36,41H,6-14,19-21H2,1-5H3,(H,38,43)(H,39,42)(H,45,46)/t23-,27+,28-,31?/m0/s1. The molecule has 1 aromatic heterocycles. The lowest BCUT2D eigenvalue weighted by Gasteiger charge is -2.35. The molecular formula is C35H53N5O6S. The Balaban J connectivity index is 1.49. The summed E-state index contributed by atoms with van der Waals surface area (Å²) in [5.74, 6) is -0.894. The number of benzene rings is 1. The van der Waals surface area contributed by atoms with Crippen LogP contribution in [0.25, 0.3) is 10.4 Å². The molecule has 4 amide bonds. The van der Waals surface area contributed by atoms with Crippen LogP contribution in [0.5, 0.6) is 0 Å². The summed E-state index contributed by atoms with van der Waals surface area (Å²) < 4.78 is 0. The Morgan fingerprint density at radius 1 is 0.979 bits per heavy atom. The maximum Gasteiger partial charge on any atom is 0.404 e. The van der Waals surface area contributed by atoms with Gasteiger partial charge >= 0.3 is 6.09 Å². The minimum absolute atomic E-state index is 0.0344. The third-order valence-electron chi connectivity index (χ3n) is 8.67. The highest BCUT2D eigenvalue weighted by Crippen LogP contribution is 2.29. The van der Waals surface area contributed by atoms with Crippen LogP contribution in [0, 0.1) is 12.3 Å². The van der Waals surface area contributed by atoms with Gasteiger partial charge in [-0.25, -0.2) is 9.78 Å². The van der Waals surface area contributed by atoms with Crippen molar-refractivity contribution in [3.05, 3.63) is 41.0 Å². The molecule has 1 aliphatic rings. The average Bonchev–Trinajstić information content (AvgIpc) is 3.62. The van der Waals surface area contributed by atoms with Crippen molar-refractivity contribution >= 4 is 35.2 Å². The van der Waals surface area contributed by atoms with Gasteiger partial charge in [-0.2, -0.15) is 0 Å². The number of carboxylic acid groups (broad SMARTS) is 1. The molecule has 1 fully saturated rings. The van der Waals surface area contributed by atoms with E-state index in [0.717, 1.165) is 73.1 Å². The Kier molecular flexibility index (Phi) is 14.6. The Labute approximate surface area is 282 Å². The molecule has 0 bridgehead atoms. The number of unbranched alkanes of at least 4 members (excludes halogenated alkanes) is 7. The van der Waals surface area contributed by atoms with Gasteiger partial charge < -0.3 is 31.1 Å². The Hall–Kier alpha value is -3.51. The minimum Gasteiger partial charge on any atom is -0.465 e. The minimum atomic E-state index is -0.986. The summed E-state index contributed by atoms with van der Waals surface area (Å²) in [6.45, 7) is 10.0. The van der Waals surface area contributed by atoms with E-state index in [0.29, 0.717) is 13.0 Å². The lowest BCUT2D eigenvalue weighted by atomic mass is 9.85. The molecule has 5 N–H and O–H groups in total. The number of aryl methyl sites for hydroxylation is 1.